The van der Waals surface area contributed by atoms with Gasteiger partial charge in [0.25, 0.3) is 5.91 Å². The van der Waals surface area contributed by atoms with E-state index >= 15 is 0 Å². The fraction of sp³-hybridized carbons (Fsp3) is 0.533. The number of fused-ring (bicyclic) bond motifs is 1. The maximum Gasteiger partial charge on any atom is 0.257 e. The van der Waals surface area contributed by atoms with Crippen LogP contribution in [-0.2, 0) is 0 Å². The summed E-state index contributed by atoms with van der Waals surface area (Å²) < 4.78 is 5.63. The van der Waals surface area contributed by atoms with E-state index in [1.54, 1.807) is 24.8 Å². The van der Waals surface area contributed by atoms with Crippen molar-refractivity contribution in [3.05, 3.63) is 23.8 Å². The Bertz CT molecular complexity index is 494. The highest BCUT2D eigenvalue weighted by Gasteiger charge is 2.26. The van der Waals surface area contributed by atoms with Crippen LogP contribution in [0.4, 0.5) is 5.69 Å². The first-order valence-electron chi connectivity index (χ1n) is 6.93. The van der Waals surface area contributed by atoms with Crippen LogP contribution >= 0.6 is 0 Å². The zero-order valence-electron chi connectivity index (χ0n) is 12.3. The third-order valence-corrected chi connectivity index (χ3v) is 3.16. The monoisotopic (exact) mass is 278 g/mol. The Kier molecular flexibility index (Phi) is 4.18. The van der Waals surface area contributed by atoms with Gasteiger partial charge in [-0.15, -0.1) is 0 Å². The molecule has 1 heterocycles. The van der Waals surface area contributed by atoms with E-state index < -0.39 is 5.60 Å². The Morgan fingerprint density at radius 2 is 2.25 bits per heavy atom. The van der Waals surface area contributed by atoms with Gasteiger partial charge in [-0.3, -0.25) is 4.79 Å². The minimum absolute atomic E-state index is 0.116. The van der Waals surface area contributed by atoms with E-state index in [-0.39, 0.29) is 5.91 Å². The van der Waals surface area contributed by atoms with E-state index in [1.807, 2.05) is 19.1 Å². The Labute approximate surface area is 119 Å². The summed E-state index contributed by atoms with van der Waals surface area (Å²) in [5, 5.41) is 13.1. The molecule has 1 amide bonds. The van der Waals surface area contributed by atoms with Crippen molar-refractivity contribution in [3.63, 3.8) is 0 Å². The van der Waals surface area contributed by atoms with Crippen LogP contribution in [0.3, 0.4) is 0 Å². The van der Waals surface area contributed by atoms with Crippen LogP contribution < -0.4 is 10.1 Å². The highest BCUT2D eigenvalue weighted by molar-refractivity contribution is 5.99. The number of benzene rings is 1. The van der Waals surface area contributed by atoms with Gasteiger partial charge < -0.3 is 20.1 Å². The minimum Gasteiger partial charge on any atom is -0.489 e. The molecule has 0 atom stereocenters. The van der Waals surface area contributed by atoms with Crippen molar-refractivity contribution in [2.75, 3.05) is 31.6 Å². The molecule has 5 heteroatoms. The number of likely N-dealkylation sites (N-methyl/N-ethyl adjacent to an activating group) is 1. The van der Waals surface area contributed by atoms with Crippen molar-refractivity contribution in [2.24, 2.45) is 0 Å². The first-order chi connectivity index (χ1) is 9.42. The van der Waals surface area contributed by atoms with Gasteiger partial charge in [-0.1, -0.05) is 6.07 Å². The molecule has 2 rings (SSSR count). The molecule has 0 spiro atoms. The number of nitrogens with one attached hydrogen (secondary N) is 1. The van der Waals surface area contributed by atoms with E-state index in [1.165, 1.54) is 0 Å². The molecule has 1 aliphatic rings. The molecule has 0 aromatic heterocycles. The van der Waals surface area contributed by atoms with E-state index in [9.17, 15) is 9.90 Å². The van der Waals surface area contributed by atoms with Gasteiger partial charge in [-0.05, 0) is 32.9 Å². The zero-order chi connectivity index (χ0) is 14.8. The second-order valence-electron chi connectivity index (χ2n) is 5.59. The number of carbonyl (C=O) groups excluding carboxylic acids is 1. The quantitative estimate of drug-likeness (QED) is 0.880. The van der Waals surface area contributed by atoms with Crippen molar-refractivity contribution in [1.82, 2.24) is 4.90 Å². The number of para-hydroxylation sites is 1. The third kappa shape index (κ3) is 3.22. The highest BCUT2D eigenvalue weighted by atomic mass is 16.5. The number of carbonyl (C=O) groups is 1. The van der Waals surface area contributed by atoms with Crippen LogP contribution in [0.15, 0.2) is 18.2 Å². The second-order valence-corrected chi connectivity index (χ2v) is 5.59. The lowest BCUT2D eigenvalue weighted by Crippen LogP contribution is -2.42. The van der Waals surface area contributed by atoms with E-state index in [0.717, 1.165) is 12.2 Å². The van der Waals surface area contributed by atoms with Crippen molar-refractivity contribution in [2.45, 2.75) is 26.4 Å². The van der Waals surface area contributed by atoms with Gasteiger partial charge in [0.2, 0.25) is 0 Å². The topological polar surface area (TPSA) is 61.8 Å². The largest absolute Gasteiger partial charge is 0.489 e. The van der Waals surface area contributed by atoms with Crippen LogP contribution in [0.1, 0.15) is 31.1 Å². The fourth-order valence-electron chi connectivity index (χ4n) is 2.30. The van der Waals surface area contributed by atoms with Crippen molar-refractivity contribution in [3.8, 4) is 5.75 Å². The number of hydrogen-bond acceptors (Lipinski definition) is 4. The smallest absolute Gasteiger partial charge is 0.257 e. The van der Waals surface area contributed by atoms with Gasteiger partial charge in [0, 0.05) is 19.6 Å². The molecule has 1 aliphatic heterocycles. The van der Waals surface area contributed by atoms with Crippen molar-refractivity contribution >= 4 is 11.6 Å². The molecule has 1 aromatic carbocycles. The molecular weight excluding hydrogens is 256 g/mol. The summed E-state index contributed by atoms with van der Waals surface area (Å²) in [5.74, 6) is 0.494. The van der Waals surface area contributed by atoms with Crippen molar-refractivity contribution in [1.29, 1.82) is 0 Å². The molecule has 2 N–H and O–H groups in total. The number of rotatable bonds is 4. The van der Waals surface area contributed by atoms with Gasteiger partial charge in [0.15, 0.2) is 5.75 Å². The summed E-state index contributed by atoms with van der Waals surface area (Å²) in [5.41, 5.74) is 0.474. The van der Waals surface area contributed by atoms with Gasteiger partial charge >= 0.3 is 0 Å². The van der Waals surface area contributed by atoms with Gasteiger partial charge in [0.1, 0.15) is 6.61 Å². The summed E-state index contributed by atoms with van der Waals surface area (Å²) >= 11 is 0. The van der Waals surface area contributed by atoms with Crippen LogP contribution in [0, 0.1) is 0 Å². The van der Waals surface area contributed by atoms with Crippen LogP contribution in [0.2, 0.25) is 0 Å². The average Bonchev–Trinajstić information content (AvgIpc) is 2.42. The number of ether oxygens (including phenoxy) is 1. The molecule has 20 heavy (non-hydrogen) atoms. The Morgan fingerprint density at radius 3 is 2.90 bits per heavy atom. The first-order valence-corrected chi connectivity index (χ1v) is 6.93. The summed E-state index contributed by atoms with van der Waals surface area (Å²) in [6, 6.07) is 5.50. The minimum atomic E-state index is -0.917. The SMILES string of the molecule is CCN(CC(C)(C)O)C(=O)c1cccc2c1OCCN2. The first kappa shape index (κ1) is 14.7. The Balaban J connectivity index is 2.28. The predicted molar refractivity (Wildman–Crippen MR) is 78.3 cm³/mol. The molecule has 0 fully saturated rings. The molecule has 5 nitrogen and oxygen atoms in total. The summed E-state index contributed by atoms with van der Waals surface area (Å²) in [4.78, 5) is 14.3. The van der Waals surface area contributed by atoms with E-state index in [2.05, 4.69) is 5.32 Å². The molecular formula is C15H22N2O3. The molecule has 0 aliphatic carbocycles. The number of anilines is 1. The predicted octanol–water partition coefficient (Wildman–Crippen LogP) is 1.72. The van der Waals surface area contributed by atoms with Crippen LogP contribution in [-0.4, -0.2) is 47.8 Å². The lowest BCUT2D eigenvalue weighted by molar-refractivity contribution is 0.0312. The summed E-state index contributed by atoms with van der Waals surface area (Å²) in [6.45, 7) is 7.42. The molecule has 0 saturated carbocycles. The van der Waals surface area contributed by atoms with E-state index in [4.69, 9.17) is 4.74 Å². The maximum atomic E-state index is 12.6. The summed E-state index contributed by atoms with van der Waals surface area (Å²) in [6.07, 6.45) is 0. The molecule has 1 aromatic rings. The molecule has 0 saturated heterocycles. The van der Waals surface area contributed by atoms with Crippen LogP contribution in [0.5, 0.6) is 5.75 Å². The fourth-order valence-corrected chi connectivity index (χ4v) is 2.30. The number of nitrogens with zero attached hydrogens (tertiary/aromatic N) is 1. The number of amides is 1. The standard InChI is InChI=1S/C15H22N2O3/c1-4-17(10-15(2,3)19)14(18)11-6-5-7-12-13(11)20-9-8-16-12/h5-7,16,19H,4,8-10H2,1-3H3. The molecule has 0 unspecified atom stereocenters. The van der Waals surface area contributed by atoms with Gasteiger partial charge in [0.05, 0.1) is 16.9 Å². The van der Waals surface area contributed by atoms with Gasteiger partial charge in [-0.25, -0.2) is 0 Å². The highest BCUT2D eigenvalue weighted by Crippen LogP contribution is 2.32. The number of aliphatic hydroxyl groups is 1. The molecule has 0 bridgehead atoms. The lowest BCUT2D eigenvalue weighted by Gasteiger charge is -2.29. The Hall–Kier alpha value is -1.75. The number of hydrogen-bond donors (Lipinski definition) is 2. The zero-order valence-corrected chi connectivity index (χ0v) is 12.3. The lowest BCUT2D eigenvalue weighted by atomic mass is 10.1. The molecule has 0 radical (unpaired) electrons. The molecule has 110 valence electrons. The Morgan fingerprint density at radius 1 is 1.50 bits per heavy atom. The average molecular weight is 278 g/mol. The van der Waals surface area contributed by atoms with Crippen molar-refractivity contribution < 1.29 is 14.6 Å². The maximum absolute atomic E-state index is 12.6. The normalized spacial score (nSPS) is 14.0. The second kappa shape index (κ2) is 5.71. The van der Waals surface area contributed by atoms with E-state index in [0.29, 0.717) is 31.0 Å². The third-order valence-electron chi connectivity index (χ3n) is 3.16. The summed E-state index contributed by atoms with van der Waals surface area (Å²) in [7, 11) is 0. The van der Waals surface area contributed by atoms with Gasteiger partial charge in [-0.2, -0.15) is 0 Å². The van der Waals surface area contributed by atoms with Crippen LogP contribution in [0.25, 0.3) is 0 Å².